The van der Waals surface area contributed by atoms with Crippen molar-refractivity contribution >= 4 is 42.6 Å². The monoisotopic (exact) mass is 509 g/mol. The molecule has 0 radical (unpaired) electrons. The van der Waals surface area contributed by atoms with E-state index in [0.717, 1.165) is 21.3 Å². The maximum Gasteiger partial charge on any atom is 0.243 e. The molecule has 4 aromatic rings. The minimum atomic E-state index is -3.68. The molecule has 182 valence electrons. The fourth-order valence-corrected chi connectivity index (χ4v) is 6.97. The van der Waals surface area contributed by atoms with Gasteiger partial charge in [-0.1, -0.05) is 35.1 Å². The van der Waals surface area contributed by atoms with Gasteiger partial charge in [-0.05, 0) is 68.7 Å². The van der Waals surface area contributed by atoms with E-state index in [9.17, 15) is 13.2 Å². The van der Waals surface area contributed by atoms with Gasteiger partial charge in [0.2, 0.25) is 15.9 Å². The number of anilines is 1. The van der Waals surface area contributed by atoms with Gasteiger partial charge >= 0.3 is 0 Å². The average molecular weight is 510 g/mol. The van der Waals surface area contributed by atoms with E-state index in [0.29, 0.717) is 30.3 Å². The number of fused-ring (bicyclic) bond motifs is 1. The van der Waals surface area contributed by atoms with Crippen LogP contribution in [0.5, 0.6) is 0 Å². The molecule has 0 bridgehead atoms. The Bertz CT molecular complexity index is 1440. The minimum Gasteiger partial charge on any atom is -0.467 e. The Morgan fingerprint density at radius 2 is 1.91 bits per heavy atom. The first kappa shape index (κ1) is 23.7. The van der Waals surface area contributed by atoms with Gasteiger partial charge in [-0.25, -0.2) is 13.4 Å². The number of amides is 1. The molecule has 7 nitrogen and oxygen atoms in total. The van der Waals surface area contributed by atoms with Crippen LogP contribution < -0.4 is 4.90 Å². The Labute approximate surface area is 209 Å². The molecule has 1 unspecified atom stereocenters. The number of hydrogen-bond acceptors (Lipinski definition) is 6. The number of piperidine rings is 1. The molecule has 0 spiro atoms. The number of carbonyl (C=O) groups excluding carboxylic acids is 1. The summed E-state index contributed by atoms with van der Waals surface area (Å²) in [6, 6.07) is 16.5. The van der Waals surface area contributed by atoms with Crippen LogP contribution in [-0.2, 0) is 21.4 Å². The number of aryl methyl sites for hydroxylation is 2. The minimum absolute atomic E-state index is 0.138. The van der Waals surface area contributed by atoms with E-state index in [2.05, 4.69) is 6.07 Å². The molecular formula is C26H27N3O4S2. The number of thiazole rings is 1. The first-order valence-corrected chi connectivity index (χ1v) is 13.8. The average Bonchev–Trinajstić information content (AvgIpc) is 3.52. The highest BCUT2D eigenvalue weighted by Crippen LogP contribution is 2.33. The quantitative estimate of drug-likeness (QED) is 0.359. The third kappa shape index (κ3) is 4.89. The van der Waals surface area contributed by atoms with E-state index < -0.39 is 15.9 Å². The van der Waals surface area contributed by atoms with E-state index in [1.807, 2.05) is 32.0 Å². The van der Waals surface area contributed by atoms with Crippen LogP contribution >= 0.6 is 11.3 Å². The third-order valence-electron chi connectivity index (χ3n) is 6.32. The lowest BCUT2D eigenvalue weighted by Gasteiger charge is -2.33. The Hall–Kier alpha value is -3.01. The number of rotatable bonds is 6. The smallest absolute Gasteiger partial charge is 0.243 e. The van der Waals surface area contributed by atoms with Gasteiger partial charge in [0, 0.05) is 13.1 Å². The van der Waals surface area contributed by atoms with Crippen LogP contribution in [0.4, 0.5) is 5.13 Å². The molecule has 0 saturated carbocycles. The molecule has 35 heavy (non-hydrogen) atoms. The van der Waals surface area contributed by atoms with Crippen molar-refractivity contribution in [3.05, 3.63) is 77.7 Å². The lowest BCUT2D eigenvalue weighted by atomic mass is 9.98. The van der Waals surface area contributed by atoms with Crippen molar-refractivity contribution in [3.8, 4) is 0 Å². The maximum atomic E-state index is 13.9. The predicted octanol–water partition coefficient (Wildman–Crippen LogP) is 5.14. The Kier molecular flexibility index (Phi) is 6.48. The molecule has 1 saturated heterocycles. The highest BCUT2D eigenvalue weighted by atomic mass is 32.2. The SMILES string of the molecule is Cc1ccc(S(=O)(=O)N2CCCC(C(=O)N(Cc3ccco3)c3nc4ccc(C)cc4s3)C2)cc1. The van der Waals surface area contributed by atoms with E-state index in [4.69, 9.17) is 9.40 Å². The van der Waals surface area contributed by atoms with Crippen molar-refractivity contribution in [1.29, 1.82) is 0 Å². The summed E-state index contributed by atoms with van der Waals surface area (Å²) in [6.07, 6.45) is 2.82. The number of sulfonamides is 1. The van der Waals surface area contributed by atoms with Crippen molar-refractivity contribution in [2.24, 2.45) is 5.92 Å². The second-order valence-electron chi connectivity index (χ2n) is 8.99. The Balaban J connectivity index is 1.43. The zero-order chi connectivity index (χ0) is 24.6. The standard InChI is InChI=1S/C26H27N3O4S2/c1-18-7-10-22(11-8-18)35(31,32)28-13-3-5-20(16-28)25(30)29(17-21-6-4-14-33-21)26-27-23-12-9-19(2)15-24(23)34-26/h4,6-12,14-15,20H,3,5,13,16-17H2,1-2H3. The van der Waals surface area contributed by atoms with E-state index >= 15 is 0 Å². The number of benzene rings is 2. The van der Waals surface area contributed by atoms with Crippen molar-refractivity contribution < 1.29 is 17.6 Å². The first-order valence-electron chi connectivity index (χ1n) is 11.6. The molecule has 0 aliphatic carbocycles. The summed E-state index contributed by atoms with van der Waals surface area (Å²) in [5, 5.41) is 0.588. The number of hydrogen-bond donors (Lipinski definition) is 0. The van der Waals surface area contributed by atoms with Gasteiger partial charge in [-0.3, -0.25) is 9.69 Å². The van der Waals surface area contributed by atoms with Crippen molar-refractivity contribution in [2.45, 2.75) is 38.1 Å². The van der Waals surface area contributed by atoms with E-state index in [1.165, 1.54) is 15.6 Å². The van der Waals surface area contributed by atoms with Crippen LogP contribution in [-0.4, -0.2) is 36.7 Å². The lowest BCUT2D eigenvalue weighted by molar-refractivity contribution is -0.123. The zero-order valence-corrected chi connectivity index (χ0v) is 21.3. The molecule has 2 aromatic heterocycles. The van der Waals surface area contributed by atoms with Gasteiger partial charge in [0.05, 0.1) is 33.8 Å². The number of carbonyl (C=O) groups is 1. The largest absolute Gasteiger partial charge is 0.467 e. The summed E-state index contributed by atoms with van der Waals surface area (Å²) < 4.78 is 34.6. The highest BCUT2D eigenvalue weighted by Gasteiger charge is 2.36. The van der Waals surface area contributed by atoms with Crippen molar-refractivity contribution in [2.75, 3.05) is 18.0 Å². The second-order valence-corrected chi connectivity index (χ2v) is 11.9. The lowest BCUT2D eigenvalue weighted by Crippen LogP contribution is -2.46. The summed E-state index contributed by atoms with van der Waals surface area (Å²) in [5.74, 6) is 0.0439. The maximum absolute atomic E-state index is 13.9. The molecule has 1 amide bonds. The number of furan rings is 1. The molecule has 1 fully saturated rings. The van der Waals surface area contributed by atoms with E-state index in [1.54, 1.807) is 41.5 Å². The molecule has 3 heterocycles. The normalized spacial score (nSPS) is 17.0. The van der Waals surface area contributed by atoms with Crippen molar-refractivity contribution in [3.63, 3.8) is 0 Å². The Morgan fingerprint density at radius 1 is 1.14 bits per heavy atom. The first-order chi connectivity index (χ1) is 16.8. The summed E-state index contributed by atoms with van der Waals surface area (Å²) in [4.78, 5) is 20.5. The molecule has 1 aliphatic rings. The van der Waals surface area contributed by atoms with Crippen LogP contribution in [0.2, 0.25) is 0 Å². The van der Waals surface area contributed by atoms with E-state index in [-0.39, 0.29) is 23.9 Å². The highest BCUT2D eigenvalue weighted by molar-refractivity contribution is 7.89. The Morgan fingerprint density at radius 3 is 2.66 bits per heavy atom. The number of aromatic nitrogens is 1. The van der Waals surface area contributed by atoms with Gasteiger partial charge in [0.15, 0.2) is 5.13 Å². The summed E-state index contributed by atoms with van der Waals surface area (Å²) in [5.41, 5.74) is 2.95. The van der Waals surface area contributed by atoms with Gasteiger partial charge in [-0.15, -0.1) is 0 Å². The van der Waals surface area contributed by atoms with Crippen LogP contribution in [0.3, 0.4) is 0 Å². The molecule has 0 N–H and O–H groups in total. The summed E-state index contributed by atoms with van der Waals surface area (Å²) >= 11 is 1.46. The third-order valence-corrected chi connectivity index (χ3v) is 9.24. The van der Waals surface area contributed by atoms with Crippen molar-refractivity contribution in [1.82, 2.24) is 9.29 Å². The van der Waals surface area contributed by atoms with Gasteiger partial charge in [-0.2, -0.15) is 4.31 Å². The van der Waals surface area contributed by atoms with Crippen LogP contribution in [0, 0.1) is 19.8 Å². The molecular weight excluding hydrogens is 482 g/mol. The van der Waals surface area contributed by atoms with Crippen LogP contribution in [0.1, 0.15) is 29.7 Å². The van der Waals surface area contributed by atoms with Crippen LogP contribution in [0.25, 0.3) is 10.2 Å². The molecule has 5 rings (SSSR count). The summed E-state index contributed by atoms with van der Waals surface area (Å²) in [6.45, 7) is 4.73. The van der Waals surface area contributed by atoms with Gasteiger partial charge in [0.25, 0.3) is 0 Å². The van der Waals surface area contributed by atoms with Crippen LogP contribution in [0.15, 0.2) is 70.2 Å². The van der Waals surface area contributed by atoms with Gasteiger partial charge < -0.3 is 4.42 Å². The predicted molar refractivity (Wildman–Crippen MR) is 137 cm³/mol. The fourth-order valence-electron chi connectivity index (χ4n) is 4.38. The number of nitrogens with zero attached hydrogens (tertiary/aromatic N) is 3. The second kappa shape index (κ2) is 9.56. The molecule has 1 atom stereocenters. The molecule has 9 heteroatoms. The topological polar surface area (TPSA) is 83.7 Å². The zero-order valence-electron chi connectivity index (χ0n) is 19.7. The summed E-state index contributed by atoms with van der Waals surface area (Å²) in [7, 11) is -3.68. The van der Waals surface area contributed by atoms with Gasteiger partial charge in [0.1, 0.15) is 5.76 Å². The molecule has 2 aromatic carbocycles. The molecule has 1 aliphatic heterocycles. The fraction of sp³-hybridized carbons (Fsp3) is 0.308.